The molecule has 2 heterocycles. The highest BCUT2D eigenvalue weighted by Gasteiger charge is 2.20. The van der Waals surface area contributed by atoms with Gasteiger partial charge in [0.2, 0.25) is 5.91 Å². The summed E-state index contributed by atoms with van der Waals surface area (Å²) < 4.78 is 5.11. The molecule has 1 aromatic carbocycles. The molecule has 1 N–H and O–H groups in total. The smallest absolute Gasteiger partial charge is 0.238 e. The van der Waals surface area contributed by atoms with Crippen LogP contribution in [0.4, 0.5) is 11.5 Å². The SMILES string of the molecule is COc1ccc(NC(=O)CN2CCN(c3cc(C#N)ccn3)CC2)cc1. The Balaban J connectivity index is 1.48. The highest BCUT2D eigenvalue weighted by molar-refractivity contribution is 5.92. The zero-order chi connectivity index (χ0) is 18.4. The number of aromatic nitrogens is 1. The van der Waals surface area contributed by atoms with Crippen LogP contribution in [-0.2, 0) is 4.79 Å². The van der Waals surface area contributed by atoms with Crippen LogP contribution in [0.1, 0.15) is 5.56 Å². The van der Waals surface area contributed by atoms with Gasteiger partial charge in [0.25, 0.3) is 0 Å². The topological polar surface area (TPSA) is 81.5 Å². The van der Waals surface area contributed by atoms with Gasteiger partial charge in [0.05, 0.1) is 25.3 Å². The first-order valence-electron chi connectivity index (χ1n) is 8.45. The van der Waals surface area contributed by atoms with Crippen molar-refractivity contribution in [3.8, 4) is 11.8 Å². The summed E-state index contributed by atoms with van der Waals surface area (Å²) in [6.07, 6.45) is 1.66. The fourth-order valence-electron chi connectivity index (χ4n) is 2.87. The Morgan fingerprint density at radius 3 is 2.62 bits per heavy atom. The van der Waals surface area contributed by atoms with Crippen LogP contribution in [-0.4, -0.2) is 55.6 Å². The number of rotatable bonds is 5. The molecule has 1 aromatic heterocycles. The van der Waals surface area contributed by atoms with E-state index >= 15 is 0 Å². The largest absolute Gasteiger partial charge is 0.497 e. The number of carbonyl (C=O) groups excluding carboxylic acids is 1. The minimum atomic E-state index is -0.0341. The first kappa shape index (κ1) is 17.7. The van der Waals surface area contributed by atoms with E-state index in [1.165, 1.54) is 0 Å². The third kappa shape index (κ3) is 4.49. The number of nitriles is 1. The zero-order valence-corrected chi connectivity index (χ0v) is 14.7. The van der Waals surface area contributed by atoms with Crippen molar-refractivity contribution in [1.82, 2.24) is 9.88 Å². The molecule has 0 atom stereocenters. The summed E-state index contributed by atoms with van der Waals surface area (Å²) in [5.41, 5.74) is 1.36. The lowest BCUT2D eigenvalue weighted by atomic mass is 10.2. The number of hydrogen-bond donors (Lipinski definition) is 1. The van der Waals surface area contributed by atoms with Crippen LogP contribution < -0.4 is 15.0 Å². The number of nitrogens with zero attached hydrogens (tertiary/aromatic N) is 4. The molecule has 0 bridgehead atoms. The van der Waals surface area contributed by atoms with E-state index in [4.69, 9.17) is 10.00 Å². The summed E-state index contributed by atoms with van der Waals surface area (Å²) in [6.45, 7) is 3.45. The third-order valence-corrected chi connectivity index (χ3v) is 4.31. The monoisotopic (exact) mass is 351 g/mol. The van der Waals surface area contributed by atoms with Gasteiger partial charge in [0.1, 0.15) is 11.6 Å². The maximum atomic E-state index is 12.2. The Morgan fingerprint density at radius 1 is 1.23 bits per heavy atom. The second kappa shape index (κ2) is 8.32. The molecule has 7 nitrogen and oxygen atoms in total. The molecular weight excluding hydrogens is 330 g/mol. The van der Waals surface area contributed by atoms with Crippen LogP contribution in [0.15, 0.2) is 42.6 Å². The summed E-state index contributed by atoms with van der Waals surface area (Å²) in [4.78, 5) is 20.8. The molecule has 1 aliphatic rings. The van der Waals surface area contributed by atoms with E-state index in [2.05, 4.69) is 26.2 Å². The van der Waals surface area contributed by atoms with Crippen molar-refractivity contribution in [3.63, 3.8) is 0 Å². The van der Waals surface area contributed by atoms with E-state index in [0.717, 1.165) is 43.4 Å². The molecule has 134 valence electrons. The van der Waals surface area contributed by atoms with Gasteiger partial charge < -0.3 is 15.0 Å². The summed E-state index contributed by atoms with van der Waals surface area (Å²) in [7, 11) is 1.61. The molecule has 26 heavy (non-hydrogen) atoms. The molecule has 0 radical (unpaired) electrons. The second-order valence-electron chi connectivity index (χ2n) is 6.05. The number of ether oxygens (including phenoxy) is 1. The molecule has 1 saturated heterocycles. The van der Waals surface area contributed by atoms with Crippen molar-refractivity contribution in [2.75, 3.05) is 50.1 Å². The van der Waals surface area contributed by atoms with E-state index in [1.807, 2.05) is 24.3 Å². The summed E-state index contributed by atoms with van der Waals surface area (Å²) in [5.74, 6) is 1.54. The molecule has 1 aliphatic heterocycles. The van der Waals surface area contributed by atoms with Gasteiger partial charge in [0, 0.05) is 38.1 Å². The van der Waals surface area contributed by atoms with E-state index in [9.17, 15) is 4.79 Å². The van der Waals surface area contributed by atoms with Gasteiger partial charge in [-0.25, -0.2) is 4.98 Å². The number of piperazine rings is 1. The Kier molecular flexibility index (Phi) is 5.66. The molecule has 1 amide bonds. The Bertz CT molecular complexity index is 792. The predicted octanol–water partition coefficient (Wildman–Crippen LogP) is 1.72. The summed E-state index contributed by atoms with van der Waals surface area (Å²) >= 11 is 0. The molecule has 3 rings (SSSR count). The van der Waals surface area contributed by atoms with Crippen LogP contribution >= 0.6 is 0 Å². The average molecular weight is 351 g/mol. The molecule has 2 aromatic rings. The lowest BCUT2D eigenvalue weighted by Crippen LogP contribution is -2.48. The number of benzene rings is 1. The van der Waals surface area contributed by atoms with Gasteiger partial charge in [-0.15, -0.1) is 0 Å². The van der Waals surface area contributed by atoms with E-state index in [1.54, 1.807) is 25.4 Å². The number of pyridine rings is 1. The first-order valence-corrected chi connectivity index (χ1v) is 8.45. The van der Waals surface area contributed by atoms with Crippen LogP contribution in [0.5, 0.6) is 5.75 Å². The first-order chi connectivity index (χ1) is 12.7. The number of amides is 1. The van der Waals surface area contributed by atoms with E-state index < -0.39 is 0 Å². The van der Waals surface area contributed by atoms with Crippen molar-refractivity contribution >= 4 is 17.4 Å². The highest BCUT2D eigenvalue weighted by atomic mass is 16.5. The van der Waals surface area contributed by atoms with Crippen LogP contribution in [0.25, 0.3) is 0 Å². The normalized spacial score (nSPS) is 14.5. The van der Waals surface area contributed by atoms with Crippen molar-refractivity contribution in [3.05, 3.63) is 48.2 Å². The van der Waals surface area contributed by atoms with Gasteiger partial charge >= 0.3 is 0 Å². The lowest BCUT2D eigenvalue weighted by molar-refractivity contribution is -0.117. The van der Waals surface area contributed by atoms with Gasteiger partial charge in [-0.1, -0.05) is 0 Å². The van der Waals surface area contributed by atoms with Gasteiger partial charge in [0.15, 0.2) is 0 Å². The maximum Gasteiger partial charge on any atom is 0.238 e. The Morgan fingerprint density at radius 2 is 1.96 bits per heavy atom. The maximum absolute atomic E-state index is 12.2. The predicted molar refractivity (Wildman–Crippen MR) is 99.2 cm³/mol. The van der Waals surface area contributed by atoms with Crippen LogP contribution in [0, 0.1) is 11.3 Å². The number of anilines is 2. The number of carbonyl (C=O) groups is 1. The Hall–Kier alpha value is -3.11. The molecular formula is C19H21N5O2. The van der Waals surface area contributed by atoms with E-state index in [-0.39, 0.29) is 5.91 Å². The zero-order valence-electron chi connectivity index (χ0n) is 14.7. The second-order valence-corrected chi connectivity index (χ2v) is 6.05. The van der Waals surface area contributed by atoms with Crippen LogP contribution in [0.2, 0.25) is 0 Å². The van der Waals surface area contributed by atoms with E-state index in [0.29, 0.717) is 12.1 Å². The molecule has 1 fully saturated rings. The molecule has 0 saturated carbocycles. The fraction of sp³-hybridized carbons (Fsp3) is 0.316. The molecule has 0 unspecified atom stereocenters. The molecule has 0 spiro atoms. The summed E-state index contributed by atoms with van der Waals surface area (Å²) in [6, 6.07) is 12.9. The minimum Gasteiger partial charge on any atom is -0.497 e. The Labute approximate surface area is 152 Å². The van der Waals surface area contributed by atoms with Gasteiger partial charge in [-0.2, -0.15) is 5.26 Å². The fourth-order valence-corrected chi connectivity index (χ4v) is 2.87. The molecule has 0 aliphatic carbocycles. The lowest BCUT2D eigenvalue weighted by Gasteiger charge is -2.35. The van der Waals surface area contributed by atoms with Crippen molar-refractivity contribution in [1.29, 1.82) is 5.26 Å². The summed E-state index contributed by atoms with van der Waals surface area (Å²) in [5, 5.41) is 11.9. The number of methoxy groups -OCH3 is 1. The van der Waals surface area contributed by atoms with Gasteiger partial charge in [-0.05, 0) is 36.4 Å². The highest BCUT2D eigenvalue weighted by Crippen LogP contribution is 2.16. The number of hydrogen-bond acceptors (Lipinski definition) is 6. The minimum absolute atomic E-state index is 0.0341. The average Bonchev–Trinajstić information content (AvgIpc) is 2.69. The van der Waals surface area contributed by atoms with Crippen molar-refractivity contribution < 1.29 is 9.53 Å². The third-order valence-electron chi connectivity index (χ3n) is 4.31. The van der Waals surface area contributed by atoms with Gasteiger partial charge in [-0.3, -0.25) is 9.69 Å². The van der Waals surface area contributed by atoms with Crippen molar-refractivity contribution in [2.45, 2.75) is 0 Å². The molecule has 7 heteroatoms. The number of nitrogens with one attached hydrogen (secondary N) is 1. The van der Waals surface area contributed by atoms with Crippen molar-refractivity contribution in [2.24, 2.45) is 0 Å². The quantitative estimate of drug-likeness (QED) is 0.883. The van der Waals surface area contributed by atoms with Crippen LogP contribution in [0.3, 0.4) is 0 Å². The standard InChI is InChI=1S/C19H21N5O2/c1-26-17-4-2-16(3-5-17)22-19(25)14-23-8-10-24(11-9-23)18-12-15(13-20)6-7-21-18/h2-7,12H,8-11,14H2,1H3,(H,22,25).